The second kappa shape index (κ2) is 7.94. The normalized spacial score (nSPS) is 11.3. The van der Waals surface area contributed by atoms with Crippen LogP contribution in [0.15, 0.2) is 80.6 Å². The van der Waals surface area contributed by atoms with Crippen LogP contribution in [-0.2, 0) is 0 Å². The van der Waals surface area contributed by atoms with Gasteiger partial charge in [-0.2, -0.15) is 0 Å². The van der Waals surface area contributed by atoms with E-state index < -0.39 is 0 Å². The molecular formula is C17H16Te2. The van der Waals surface area contributed by atoms with Crippen LogP contribution in [0.2, 0.25) is 0 Å². The van der Waals surface area contributed by atoms with E-state index in [0.29, 0.717) is 0 Å². The summed E-state index contributed by atoms with van der Waals surface area (Å²) >= 11 is -0.504. The third kappa shape index (κ3) is 5.18. The first-order valence-corrected chi connectivity index (χ1v) is 10.9. The second-order valence-corrected chi connectivity index (χ2v) is 9.98. The van der Waals surface area contributed by atoms with E-state index >= 15 is 0 Å². The average molecular weight is 476 g/mol. The van der Waals surface area contributed by atoms with E-state index in [0.717, 1.165) is 0 Å². The molecule has 2 heteroatoms. The molecule has 0 aliphatic rings. The van der Waals surface area contributed by atoms with Gasteiger partial charge in [-0.3, -0.25) is 0 Å². The Kier molecular flexibility index (Phi) is 6.22. The van der Waals surface area contributed by atoms with Gasteiger partial charge < -0.3 is 0 Å². The summed E-state index contributed by atoms with van der Waals surface area (Å²) in [5.74, 6) is 0. The molecule has 0 nitrogen and oxygen atoms in total. The molecule has 0 aliphatic carbocycles. The standard InChI is InChI=1S/C17H16Te2/c1-14(2)17(19-16-11-7-4-8-12-16)13-18-15-9-5-3-6-10-15/h3-13H,1H2,2H3/b17-13+. The van der Waals surface area contributed by atoms with Gasteiger partial charge >= 0.3 is 137 Å². The molecule has 0 spiro atoms. The third-order valence-corrected chi connectivity index (χ3v) is 9.85. The summed E-state index contributed by atoms with van der Waals surface area (Å²) < 4.78 is 6.98. The van der Waals surface area contributed by atoms with Crippen molar-refractivity contribution in [1.82, 2.24) is 0 Å². The van der Waals surface area contributed by atoms with Crippen molar-refractivity contribution < 1.29 is 0 Å². The summed E-state index contributed by atoms with van der Waals surface area (Å²) in [4.78, 5) is 0. The molecule has 2 aromatic rings. The minimum absolute atomic E-state index is 0.224. The van der Waals surface area contributed by atoms with Crippen LogP contribution in [0.5, 0.6) is 0 Å². The molecule has 0 aliphatic heterocycles. The molecule has 0 unspecified atom stereocenters. The maximum absolute atomic E-state index is 4.15. The van der Waals surface area contributed by atoms with Crippen molar-refractivity contribution in [3.05, 3.63) is 80.6 Å². The Morgan fingerprint density at radius 1 is 0.895 bits per heavy atom. The van der Waals surface area contributed by atoms with E-state index in [2.05, 4.69) is 78.3 Å². The van der Waals surface area contributed by atoms with Crippen molar-refractivity contribution in [1.29, 1.82) is 0 Å². The Balaban J connectivity index is 2.10. The van der Waals surface area contributed by atoms with Crippen molar-refractivity contribution in [3.8, 4) is 0 Å². The van der Waals surface area contributed by atoms with E-state index in [1.54, 1.807) is 0 Å². The monoisotopic (exact) mass is 480 g/mol. The predicted octanol–water partition coefficient (Wildman–Crippen LogP) is 2.46. The molecular weight excluding hydrogens is 459 g/mol. The molecule has 2 aromatic carbocycles. The van der Waals surface area contributed by atoms with Crippen LogP contribution in [-0.4, -0.2) is 41.8 Å². The van der Waals surface area contributed by atoms with Crippen LogP contribution in [0, 0.1) is 0 Å². The molecule has 0 aromatic heterocycles. The van der Waals surface area contributed by atoms with E-state index in [1.165, 1.54) is 16.4 Å². The summed E-state index contributed by atoms with van der Waals surface area (Å²) in [6.07, 6.45) is 0. The number of hydrogen-bond acceptors (Lipinski definition) is 0. The molecule has 0 bridgehead atoms. The minimum atomic E-state index is -0.280. The summed E-state index contributed by atoms with van der Waals surface area (Å²) in [5, 5.41) is 0. The first-order chi connectivity index (χ1) is 9.25. The van der Waals surface area contributed by atoms with Gasteiger partial charge in [0.25, 0.3) is 0 Å². The molecule has 0 amide bonds. The maximum atomic E-state index is 4.15. The van der Waals surface area contributed by atoms with Crippen LogP contribution in [0.25, 0.3) is 0 Å². The quantitative estimate of drug-likeness (QED) is 0.461. The Hall–Kier alpha value is -0.501. The number of allylic oxidation sites excluding steroid dienone is 2. The Bertz CT molecular complexity index is 556. The van der Waals surface area contributed by atoms with Gasteiger partial charge in [0, 0.05) is 0 Å². The van der Waals surface area contributed by atoms with Gasteiger partial charge in [-0.1, -0.05) is 0 Å². The molecule has 0 heterocycles. The molecule has 0 atom stereocenters. The third-order valence-electron chi connectivity index (χ3n) is 2.44. The molecule has 0 radical (unpaired) electrons. The van der Waals surface area contributed by atoms with Gasteiger partial charge in [0.15, 0.2) is 0 Å². The first-order valence-electron chi connectivity index (χ1n) is 6.06. The fraction of sp³-hybridized carbons (Fsp3) is 0.0588. The van der Waals surface area contributed by atoms with Gasteiger partial charge in [0.2, 0.25) is 0 Å². The zero-order valence-corrected chi connectivity index (χ0v) is 15.5. The Morgan fingerprint density at radius 2 is 1.42 bits per heavy atom. The summed E-state index contributed by atoms with van der Waals surface area (Å²) in [6, 6.07) is 21.6. The molecule has 0 saturated heterocycles. The van der Waals surface area contributed by atoms with Gasteiger partial charge in [0.1, 0.15) is 0 Å². The zero-order valence-electron chi connectivity index (χ0n) is 10.9. The number of hydrogen-bond donors (Lipinski definition) is 0. The van der Waals surface area contributed by atoms with Gasteiger partial charge in [0.05, 0.1) is 0 Å². The average Bonchev–Trinajstić information content (AvgIpc) is 2.45. The number of rotatable bonds is 5. The van der Waals surface area contributed by atoms with Crippen LogP contribution < -0.4 is 7.22 Å². The van der Waals surface area contributed by atoms with E-state index in [1.807, 2.05) is 0 Å². The topological polar surface area (TPSA) is 0 Å². The summed E-state index contributed by atoms with van der Waals surface area (Å²) in [5.41, 5.74) is 1.24. The van der Waals surface area contributed by atoms with Crippen LogP contribution in [0.4, 0.5) is 0 Å². The SMILES string of the molecule is C=C(C)/C(=C\[Te]c1ccccc1)[Te]c1ccccc1. The van der Waals surface area contributed by atoms with Crippen LogP contribution in [0.3, 0.4) is 0 Å². The van der Waals surface area contributed by atoms with Gasteiger partial charge in [-0.15, -0.1) is 0 Å². The molecule has 2 rings (SSSR count). The fourth-order valence-electron chi connectivity index (χ4n) is 1.45. The Labute approximate surface area is 135 Å². The van der Waals surface area contributed by atoms with Crippen molar-refractivity contribution in [2.24, 2.45) is 0 Å². The molecule has 0 saturated carbocycles. The van der Waals surface area contributed by atoms with E-state index in [-0.39, 0.29) is 41.8 Å². The zero-order chi connectivity index (χ0) is 13.5. The second-order valence-electron chi connectivity index (χ2n) is 4.11. The summed E-state index contributed by atoms with van der Waals surface area (Å²) in [7, 11) is 0. The fourth-order valence-corrected chi connectivity index (χ4v) is 7.65. The van der Waals surface area contributed by atoms with Crippen LogP contribution in [0.1, 0.15) is 6.92 Å². The van der Waals surface area contributed by atoms with Crippen molar-refractivity contribution >= 4 is 49.1 Å². The van der Waals surface area contributed by atoms with Crippen molar-refractivity contribution in [2.45, 2.75) is 6.92 Å². The van der Waals surface area contributed by atoms with Crippen molar-refractivity contribution in [3.63, 3.8) is 0 Å². The van der Waals surface area contributed by atoms with E-state index in [9.17, 15) is 0 Å². The molecule has 96 valence electrons. The molecule has 0 N–H and O–H groups in total. The summed E-state index contributed by atoms with van der Waals surface area (Å²) in [6.45, 7) is 6.29. The Morgan fingerprint density at radius 3 is 1.95 bits per heavy atom. The first kappa shape index (κ1) is 14.9. The van der Waals surface area contributed by atoms with Crippen molar-refractivity contribution in [2.75, 3.05) is 0 Å². The van der Waals surface area contributed by atoms with Gasteiger partial charge in [-0.05, 0) is 0 Å². The van der Waals surface area contributed by atoms with Crippen LogP contribution >= 0.6 is 0 Å². The number of benzene rings is 2. The predicted molar refractivity (Wildman–Crippen MR) is 86.6 cm³/mol. The molecule has 0 fully saturated rings. The van der Waals surface area contributed by atoms with E-state index in [4.69, 9.17) is 0 Å². The van der Waals surface area contributed by atoms with Gasteiger partial charge in [-0.25, -0.2) is 0 Å². The molecule has 19 heavy (non-hydrogen) atoms.